The van der Waals surface area contributed by atoms with E-state index in [0.717, 1.165) is 21.7 Å². The Labute approximate surface area is 173 Å². The molecule has 1 aromatic heterocycles. The second-order valence-corrected chi connectivity index (χ2v) is 7.05. The molecule has 0 aliphatic rings. The summed E-state index contributed by atoms with van der Waals surface area (Å²) in [5, 5.41) is 0. The number of hydrogen-bond donors (Lipinski definition) is 0. The Bertz CT molecular complexity index is 1020. The molecule has 7 nitrogen and oxygen atoms in total. The molecule has 0 fully saturated rings. The maximum atomic E-state index is 12.4. The quantitative estimate of drug-likeness (QED) is 0.501. The van der Waals surface area contributed by atoms with Crippen LogP contribution in [0.2, 0.25) is 0 Å². The minimum absolute atomic E-state index is 0.143. The molecule has 1 heterocycles. The van der Waals surface area contributed by atoms with Crippen LogP contribution in [0, 0.1) is 0 Å². The van der Waals surface area contributed by atoms with Gasteiger partial charge in [-0.1, -0.05) is 11.3 Å². The molecular weight excluding hydrogens is 392 g/mol. The Morgan fingerprint density at radius 1 is 1.03 bits per heavy atom. The predicted molar refractivity (Wildman–Crippen MR) is 112 cm³/mol. The molecule has 3 rings (SSSR count). The van der Waals surface area contributed by atoms with Gasteiger partial charge in [0.25, 0.3) is 5.91 Å². The fourth-order valence-corrected chi connectivity index (χ4v) is 3.84. The zero-order valence-electron chi connectivity index (χ0n) is 16.7. The van der Waals surface area contributed by atoms with Crippen LogP contribution in [0.5, 0.6) is 17.2 Å². The number of benzene rings is 2. The summed E-state index contributed by atoms with van der Waals surface area (Å²) < 4.78 is 24.4. The van der Waals surface area contributed by atoms with E-state index in [4.69, 9.17) is 18.9 Å². The zero-order valence-corrected chi connectivity index (χ0v) is 17.5. The Morgan fingerprint density at radius 3 is 2.41 bits per heavy atom. The smallest absolute Gasteiger partial charge is 0.286 e. The molecular formula is C21H24N2O5S. The highest BCUT2D eigenvalue weighted by Gasteiger charge is 2.10. The van der Waals surface area contributed by atoms with Crippen molar-refractivity contribution in [3.63, 3.8) is 0 Å². The summed E-state index contributed by atoms with van der Waals surface area (Å²) in [4.78, 5) is 17.3. The maximum Gasteiger partial charge on any atom is 0.286 e. The number of hydrogen-bond acceptors (Lipinski definition) is 6. The highest BCUT2D eigenvalue weighted by Crippen LogP contribution is 2.23. The topological polar surface area (TPSA) is 71.3 Å². The molecule has 0 saturated heterocycles. The van der Waals surface area contributed by atoms with Crippen LogP contribution in [0.1, 0.15) is 6.92 Å². The summed E-state index contributed by atoms with van der Waals surface area (Å²) in [6.07, 6.45) is 0. The number of rotatable bonds is 9. The van der Waals surface area contributed by atoms with Gasteiger partial charge in [-0.15, -0.1) is 0 Å². The molecule has 29 heavy (non-hydrogen) atoms. The van der Waals surface area contributed by atoms with Crippen molar-refractivity contribution in [2.75, 3.05) is 34.0 Å². The Hall–Kier alpha value is -2.84. The van der Waals surface area contributed by atoms with E-state index in [2.05, 4.69) is 4.99 Å². The Morgan fingerprint density at radius 2 is 1.72 bits per heavy atom. The Kier molecular flexibility index (Phi) is 7.26. The fourth-order valence-electron chi connectivity index (χ4n) is 2.74. The summed E-state index contributed by atoms with van der Waals surface area (Å²) in [6, 6.07) is 12.9. The molecule has 8 heteroatoms. The van der Waals surface area contributed by atoms with Crippen LogP contribution < -0.4 is 19.0 Å². The molecule has 0 atom stereocenters. The number of carbonyl (C=O) groups excluding carboxylic acids is 1. The second-order valence-electron chi connectivity index (χ2n) is 6.04. The first-order chi connectivity index (χ1) is 14.1. The van der Waals surface area contributed by atoms with Crippen molar-refractivity contribution in [2.24, 2.45) is 4.99 Å². The highest BCUT2D eigenvalue weighted by molar-refractivity contribution is 7.16. The van der Waals surface area contributed by atoms with E-state index >= 15 is 0 Å². The van der Waals surface area contributed by atoms with Crippen LogP contribution in [0.3, 0.4) is 0 Å². The number of thiazole rings is 1. The molecule has 1 amide bonds. The molecule has 3 aromatic rings. The fraction of sp³-hybridized carbons (Fsp3) is 0.333. The van der Waals surface area contributed by atoms with Crippen molar-refractivity contribution in [1.29, 1.82) is 0 Å². The van der Waals surface area contributed by atoms with Crippen LogP contribution in [0.4, 0.5) is 0 Å². The standard InChI is InChI=1S/C21H24N2O5S/c1-4-27-12-11-23-18-10-9-17(26-3)13-19(18)29-21(23)22-20(24)14-28-16-7-5-15(25-2)6-8-16/h5-10,13H,4,11-12,14H2,1-3H3. The number of nitrogens with zero attached hydrogens (tertiary/aromatic N) is 2. The van der Waals surface area contributed by atoms with E-state index in [1.807, 2.05) is 29.7 Å². The lowest BCUT2D eigenvalue weighted by Crippen LogP contribution is -2.21. The molecule has 0 saturated carbocycles. The average molecular weight is 416 g/mol. The first-order valence-corrected chi connectivity index (χ1v) is 10.1. The van der Waals surface area contributed by atoms with E-state index in [9.17, 15) is 4.79 Å². The molecule has 0 bridgehead atoms. The molecule has 0 radical (unpaired) electrons. The molecule has 0 aliphatic heterocycles. The molecule has 0 N–H and O–H groups in total. The number of methoxy groups -OCH3 is 2. The van der Waals surface area contributed by atoms with Crippen molar-refractivity contribution in [2.45, 2.75) is 13.5 Å². The van der Waals surface area contributed by atoms with Gasteiger partial charge in [0.05, 0.1) is 31.0 Å². The molecule has 0 spiro atoms. The SMILES string of the molecule is CCOCCn1c(=NC(=O)COc2ccc(OC)cc2)sc2cc(OC)ccc21. The minimum atomic E-state index is -0.357. The van der Waals surface area contributed by atoms with Crippen LogP contribution in [-0.4, -0.2) is 44.5 Å². The lowest BCUT2D eigenvalue weighted by atomic mass is 10.3. The van der Waals surface area contributed by atoms with Gasteiger partial charge in [-0.3, -0.25) is 4.79 Å². The Balaban J connectivity index is 1.81. The number of fused-ring (bicyclic) bond motifs is 1. The first kappa shape index (κ1) is 20.9. The predicted octanol–water partition coefficient (Wildman–Crippen LogP) is 3.26. The summed E-state index contributed by atoms with van der Waals surface area (Å²) in [5.41, 5.74) is 0.984. The summed E-state index contributed by atoms with van der Waals surface area (Å²) in [7, 11) is 3.23. The van der Waals surface area contributed by atoms with Crippen molar-refractivity contribution in [3.8, 4) is 17.2 Å². The monoisotopic (exact) mass is 416 g/mol. The number of carbonyl (C=O) groups is 1. The normalized spacial score (nSPS) is 11.6. The summed E-state index contributed by atoms with van der Waals surface area (Å²) in [6.45, 7) is 3.59. The molecule has 154 valence electrons. The first-order valence-electron chi connectivity index (χ1n) is 9.24. The lowest BCUT2D eigenvalue weighted by Gasteiger charge is -2.06. The third-order valence-electron chi connectivity index (χ3n) is 4.20. The highest BCUT2D eigenvalue weighted by atomic mass is 32.1. The van der Waals surface area contributed by atoms with Gasteiger partial charge < -0.3 is 23.5 Å². The van der Waals surface area contributed by atoms with Crippen LogP contribution in [-0.2, 0) is 16.1 Å². The third-order valence-corrected chi connectivity index (χ3v) is 5.24. The van der Waals surface area contributed by atoms with E-state index in [1.54, 1.807) is 38.5 Å². The van der Waals surface area contributed by atoms with Crippen molar-refractivity contribution in [1.82, 2.24) is 4.57 Å². The van der Waals surface area contributed by atoms with Gasteiger partial charge in [0.1, 0.15) is 17.2 Å². The van der Waals surface area contributed by atoms with Crippen LogP contribution in [0.25, 0.3) is 10.2 Å². The van der Waals surface area contributed by atoms with Gasteiger partial charge >= 0.3 is 0 Å². The molecule has 0 unspecified atom stereocenters. The summed E-state index contributed by atoms with van der Waals surface area (Å²) in [5.74, 6) is 1.71. The van der Waals surface area contributed by atoms with Crippen molar-refractivity contribution >= 4 is 27.5 Å². The number of ether oxygens (including phenoxy) is 4. The largest absolute Gasteiger partial charge is 0.497 e. The van der Waals surface area contributed by atoms with Crippen molar-refractivity contribution < 1.29 is 23.7 Å². The van der Waals surface area contributed by atoms with E-state index in [-0.39, 0.29) is 12.5 Å². The summed E-state index contributed by atoms with van der Waals surface area (Å²) >= 11 is 1.43. The van der Waals surface area contributed by atoms with Crippen molar-refractivity contribution in [3.05, 3.63) is 47.3 Å². The third kappa shape index (κ3) is 5.36. The zero-order chi connectivity index (χ0) is 20.6. The minimum Gasteiger partial charge on any atom is -0.497 e. The number of amides is 1. The van der Waals surface area contributed by atoms with Gasteiger partial charge in [0, 0.05) is 13.2 Å². The van der Waals surface area contributed by atoms with E-state index in [1.165, 1.54) is 11.3 Å². The van der Waals surface area contributed by atoms with E-state index in [0.29, 0.717) is 30.3 Å². The van der Waals surface area contributed by atoms with E-state index < -0.39 is 0 Å². The van der Waals surface area contributed by atoms with Gasteiger partial charge in [0.15, 0.2) is 11.4 Å². The maximum absolute atomic E-state index is 12.4. The van der Waals surface area contributed by atoms with Crippen LogP contribution in [0.15, 0.2) is 47.5 Å². The van der Waals surface area contributed by atoms with Gasteiger partial charge in [-0.05, 0) is 49.4 Å². The van der Waals surface area contributed by atoms with Gasteiger partial charge in [-0.25, -0.2) is 0 Å². The molecule has 0 aliphatic carbocycles. The lowest BCUT2D eigenvalue weighted by molar-refractivity contribution is -0.120. The second kappa shape index (κ2) is 10.1. The van der Waals surface area contributed by atoms with Gasteiger partial charge in [0.2, 0.25) is 0 Å². The number of aromatic nitrogens is 1. The molecule has 2 aromatic carbocycles. The average Bonchev–Trinajstić information content (AvgIpc) is 3.08. The van der Waals surface area contributed by atoms with Crippen LogP contribution >= 0.6 is 11.3 Å². The van der Waals surface area contributed by atoms with Gasteiger partial charge in [-0.2, -0.15) is 4.99 Å².